The smallest absolute Gasteiger partial charge is 0.225 e. The topological polar surface area (TPSA) is 56.7 Å². The quantitative estimate of drug-likeness (QED) is 0.401. The van der Waals surface area contributed by atoms with E-state index >= 15 is 0 Å². The van der Waals surface area contributed by atoms with Crippen molar-refractivity contribution in [2.75, 3.05) is 20.1 Å². The van der Waals surface area contributed by atoms with E-state index in [1.54, 1.807) is 13.1 Å². The lowest BCUT2D eigenvalue weighted by Gasteiger charge is -2.21. The Morgan fingerprint density at radius 1 is 1.31 bits per heavy atom. The van der Waals surface area contributed by atoms with Gasteiger partial charge in [-0.3, -0.25) is 9.79 Å². The summed E-state index contributed by atoms with van der Waals surface area (Å²) in [7, 11) is 1.72. The van der Waals surface area contributed by atoms with Crippen LogP contribution in [0.25, 0.3) is 0 Å². The number of benzene rings is 1. The highest BCUT2D eigenvalue weighted by atomic mass is 127. The molecule has 1 atom stereocenters. The fourth-order valence-electron chi connectivity index (χ4n) is 3.73. The van der Waals surface area contributed by atoms with Crippen molar-refractivity contribution in [2.45, 2.75) is 44.7 Å². The molecule has 7 heteroatoms. The average molecular weight is 474 g/mol. The van der Waals surface area contributed by atoms with E-state index in [1.165, 1.54) is 25.0 Å². The molecule has 0 bridgehead atoms. The molecule has 0 radical (unpaired) electrons. The summed E-state index contributed by atoms with van der Waals surface area (Å²) < 4.78 is 13.2. The second-order valence-electron chi connectivity index (χ2n) is 6.95. The molecule has 2 fully saturated rings. The Kier molecular flexibility index (Phi) is 8.12. The van der Waals surface area contributed by atoms with Crippen LogP contribution in [-0.4, -0.2) is 42.9 Å². The van der Waals surface area contributed by atoms with Gasteiger partial charge in [-0.2, -0.15) is 0 Å². The van der Waals surface area contributed by atoms with E-state index in [1.807, 2.05) is 11.0 Å². The molecule has 0 aromatic heterocycles. The SMILES string of the molecule is CN=C(NCc1cccc(F)c1)NC1CCN(C(=O)C2CCCC2)C1.I. The summed E-state index contributed by atoms with van der Waals surface area (Å²) in [6, 6.07) is 6.74. The van der Waals surface area contributed by atoms with Crippen LogP contribution in [-0.2, 0) is 11.3 Å². The van der Waals surface area contributed by atoms with Crippen LogP contribution in [0.4, 0.5) is 4.39 Å². The number of halogens is 2. The molecule has 1 saturated carbocycles. The summed E-state index contributed by atoms with van der Waals surface area (Å²) in [6.07, 6.45) is 5.39. The van der Waals surface area contributed by atoms with Crippen LogP contribution in [0.5, 0.6) is 0 Å². The summed E-state index contributed by atoms with van der Waals surface area (Å²) in [5.74, 6) is 1.01. The zero-order valence-corrected chi connectivity index (χ0v) is 17.5. The van der Waals surface area contributed by atoms with Gasteiger partial charge in [-0.15, -0.1) is 24.0 Å². The van der Waals surface area contributed by atoms with Gasteiger partial charge >= 0.3 is 0 Å². The number of likely N-dealkylation sites (tertiary alicyclic amines) is 1. The minimum atomic E-state index is -0.237. The highest BCUT2D eigenvalue weighted by molar-refractivity contribution is 14.0. The van der Waals surface area contributed by atoms with E-state index in [-0.39, 0.29) is 41.8 Å². The van der Waals surface area contributed by atoms with Crippen molar-refractivity contribution >= 4 is 35.8 Å². The van der Waals surface area contributed by atoms with Crippen LogP contribution in [0.3, 0.4) is 0 Å². The number of hydrogen-bond donors (Lipinski definition) is 2. The van der Waals surface area contributed by atoms with Crippen LogP contribution >= 0.6 is 24.0 Å². The number of carbonyl (C=O) groups is 1. The van der Waals surface area contributed by atoms with Crippen LogP contribution in [0, 0.1) is 11.7 Å². The first kappa shape index (κ1) is 20.9. The lowest BCUT2D eigenvalue weighted by molar-refractivity contribution is -0.134. The van der Waals surface area contributed by atoms with Gasteiger partial charge in [0.25, 0.3) is 0 Å². The summed E-state index contributed by atoms with van der Waals surface area (Å²) in [5.41, 5.74) is 0.868. The van der Waals surface area contributed by atoms with E-state index in [2.05, 4.69) is 15.6 Å². The first-order valence-electron chi connectivity index (χ1n) is 9.16. The maximum absolute atomic E-state index is 13.2. The van der Waals surface area contributed by atoms with Gasteiger partial charge < -0.3 is 15.5 Å². The second kappa shape index (κ2) is 10.1. The molecule has 144 valence electrons. The molecule has 1 aliphatic heterocycles. The van der Waals surface area contributed by atoms with Gasteiger partial charge in [0.2, 0.25) is 5.91 Å². The fourth-order valence-corrected chi connectivity index (χ4v) is 3.73. The maximum Gasteiger partial charge on any atom is 0.225 e. The summed E-state index contributed by atoms with van der Waals surface area (Å²) in [6.45, 7) is 2.05. The van der Waals surface area contributed by atoms with Gasteiger partial charge in [0, 0.05) is 38.6 Å². The Bertz CT molecular complexity index is 634. The average Bonchev–Trinajstić information content (AvgIpc) is 3.30. The van der Waals surface area contributed by atoms with Crippen LogP contribution in [0.1, 0.15) is 37.7 Å². The molecule has 2 aliphatic rings. The molecule has 1 saturated heterocycles. The van der Waals surface area contributed by atoms with Crippen molar-refractivity contribution in [2.24, 2.45) is 10.9 Å². The number of amides is 1. The molecule has 3 rings (SSSR count). The minimum absolute atomic E-state index is 0. The first-order chi connectivity index (χ1) is 12.2. The van der Waals surface area contributed by atoms with Crippen molar-refractivity contribution < 1.29 is 9.18 Å². The molecular weight excluding hydrogens is 446 g/mol. The van der Waals surface area contributed by atoms with E-state index in [0.29, 0.717) is 18.4 Å². The minimum Gasteiger partial charge on any atom is -0.352 e. The van der Waals surface area contributed by atoms with Gasteiger partial charge in [0.1, 0.15) is 5.82 Å². The van der Waals surface area contributed by atoms with Crippen molar-refractivity contribution in [3.8, 4) is 0 Å². The maximum atomic E-state index is 13.2. The van der Waals surface area contributed by atoms with Gasteiger partial charge in [-0.05, 0) is 37.0 Å². The number of aliphatic imine (C=N–C) groups is 1. The molecule has 5 nitrogen and oxygen atoms in total. The highest BCUT2D eigenvalue weighted by Crippen LogP contribution is 2.27. The van der Waals surface area contributed by atoms with Gasteiger partial charge in [-0.25, -0.2) is 4.39 Å². The monoisotopic (exact) mass is 474 g/mol. The number of guanidine groups is 1. The van der Waals surface area contributed by atoms with Crippen molar-refractivity contribution in [1.29, 1.82) is 0 Å². The Balaban J connectivity index is 0.00000243. The number of rotatable bonds is 4. The van der Waals surface area contributed by atoms with Crippen molar-refractivity contribution in [3.63, 3.8) is 0 Å². The Labute approximate surface area is 171 Å². The molecule has 0 spiro atoms. The molecule has 1 aromatic rings. The summed E-state index contributed by atoms with van der Waals surface area (Å²) >= 11 is 0. The van der Waals surface area contributed by atoms with E-state index in [9.17, 15) is 9.18 Å². The van der Waals surface area contributed by atoms with Crippen molar-refractivity contribution in [1.82, 2.24) is 15.5 Å². The molecular formula is C19H28FIN4O. The molecule has 1 unspecified atom stereocenters. The van der Waals surface area contributed by atoms with Gasteiger partial charge in [-0.1, -0.05) is 25.0 Å². The predicted octanol–water partition coefficient (Wildman–Crippen LogP) is 2.90. The summed E-state index contributed by atoms with van der Waals surface area (Å²) in [4.78, 5) is 18.7. The lowest BCUT2D eigenvalue weighted by Crippen LogP contribution is -2.45. The normalized spacial score (nSPS) is 20.8. The summed E-state index contributed by atoms with van der Waals surface area (Å²) in [5, 5.41) is 6.58. The molecule has 1 heterocycles. The lowest BCUT2D eigenvalue weighted by atomic mass is 10.1. The third kappa shape index (κ3) is 5.56. The predicted molar refractivity (Wildman–Crippen MR) is 112 cm³/mol. The Morgan fingerprint density at radius 2 is 2.08 bits per heavy atom. The number of carbonyl (C=O) groups excluding carboxylic acids is 1. The molecule has 2 N–H and O–H groups in total. The second-order valence-corrected chi connectivity index (χ2v) is 6.95. The number of hydrogen-bond acceptors (Lipinski definition) is 2. The van der Waals surface area contributed by atoms with E-state index in [4.69, 9.17) is 0 Å². The van der Waals surface area contributed by atoms with Gasteiger partial charge in [0.05, 0.1) is 0 Å². The number of nitrogens with one attached hydrogen (secondary N) is 2. The molecule has 1 amide bonds. The third-order valence-electron chi connectivity index (χ3n) is 5.12. The first-order valence-corrected chi connectivity index (χ1v) is 9.16. The third-order valence-corrected chi connectivity index (χ3v) is 5.12. The van der Waals surface area contributed by atoms with Crippen molar-refractivity contribution in [3.05, 3.63) is 35.6 Å². The standard InChI is InChI=1S/C19H27FN4O.HI/c1-21-19(22-12-14-5-4-8-16(20)11-14)23-17-9-10-24(13-17)18(25)15-6-2-3-7-15;/h4-5,8,11,15,17H,2-3,6-7,9-10,12-13H2,1H3,(H2,21,22,23);1H. The van der Waals surface area contributed by atoms with Crippen LogP contribution in [0.2, 0.25) is 0 Å². The molecule has 1 aromatic carbocycles. The highest BCUT2D eigenvalue weighted by Gasteiger charge is 2.32. The fraction of sp³-hybridized carbons (Fsp3) is 0.579. The van der Waals surface area contributed by atoms with E-state index < -0.39 is 0 Å². The Morgan fingerprint density at radius 3 is 2.77 bits per heavy atom. The molecule has 26 heavy (non-hydrogen) atoms. The van der Waals surface area contributed by atoms with Crippen LogP contribution in [0.15, 0.2) is 29.3 Å². The van der Waals surface area contributed by atoms with E-state index in [0.717, 1.165) is 37.9 Å². The van der Waals surface area contributed by atoms with Crippen LogP contribution < -0.4 is 10.6 Å². The van der Waals surface area contributed by atoms with Gasteiger partial charge in [0.15, 0.2) is 5.96 Å². The Hall–Kier alpha value is -1.38. The number of nitrogens with zero attached hydrogens (tertiary/aromatic N) is 2. The zero-order valence-electron chi connectivity index (χ0n) is 15.2. The zero-order chi connectivity index (χ0) is 17.6. The molecule has 1 aliphatic carbocycles. The largest absolute Gasteiger partial charge is 0.352 e.